The van der Waals surface area contributed by atoms with Crippen molar-refractivity contribution in [1.29, 1.82) is 0 Å². The van der Waals surface area contributed by atoms with Crippen LogP contribution in [0.4, 0.5) is 5.69 Å². The molecule has 0 saturated carbocycles. The zero-order valence-electron chi connectivity index (χ0n) is 15.8. The first-order valence-corrected chi connectivity index (χ1v) is 8.70. The molecule has 0 radical (unpaired) electrons. The van der Waals surface area contributed by atoms with E-state index in [1.54, 1.807) is 38.1 Å². The van der Waals surface area contributed by atoms with E-state index < -0.39 is 18.4 Å². The number of aromatic nitrogens is 1. The number of anilines is 1. The van der Waals surface area contributed by atoms with Gasteiger partial charge in [0.05, 0.1) is 11.4 Å². The van der Waals surface area contributed by atoms with Crippen LogP contribution < -0.4 is 9.64 Å². The molecule has 2 aromatic rings. The number of esters is 1. The van der Waals surface area contributed by atoms with Gasteiger partial charge in [0.15, 0.2) is 19.0 Å². The second kappa shape index (κ2) is 7.67. The lowest BCUT2D eigenvalue weighted by Crippen LogP contribution is -2.42. The summed E-state index contributed by atoms with van der Waals surface area (Å²) in [5.41, 5.74) is 2.30. The van der Waals surface area contributed by atoms with Crippen LogP contribution in [0.25, 0.3) is 0 Å². The van der Waals surface area contributed by atoms with Crippen molar-refractivity contribution >= 4 is 29.1 Å². The largest absolute Gasteiger partial charge is 0.482 e. The van der Waals surface area contributed by atoms with Crippen LogP contribution in [-0.2, 0) is 14.3 Å². The van der Waals surface area contributed by atoms with Crippen LogP contribution in [0.3, 0.4) is 0 Å². The van der Waals surface area contributed by atoms with Crippen molar-refractivity contribution in [3.05, 3.63) is 46.8 Å². The third-order valence-electron chi connectivity index (χ3n) is 4.53. The number of hydrogen-bond acceptors (Lipinski definition) is 6. The van der Waals surface area contributed by atoms with E-state index in [-0.39, 0.29) is 30.5 Å². The Morgan fingerprint density at radius 2 is 1.93 bits per heavy atom. The topological polar surface area (TPSA) is 106 Å². The number of carbonyl (C=O) groups is 4. The van der Waals surface area contributed by atoms with Gasteiger partial charge in [-0.05, 0) is 38.5 Å². The summed E-state index contributed by atoms with van der Waals surface area (Å²) in [5, 5.41) is 0. The van der Waals surface area contributed by atoms with Crippen LogP contribution in [0.1, 0.15) is 39.0 Å². The lowest BCUT2D eigenvalue weighted by Gasteiger charge is -2.28. The van der Waals surface area contributed by atoms with Crippen LogP contribution in [0, 0.1) is 13.8 Å². The Bertz CT molecular complexity index is 975. The minimum Gasteiger partial charge on any atom is -0.482 e. The van der Waals surface area contributed by atoms with E-state index in [0.29, 0.717) is 28.3 Å². The summed E-state index contributed by atoms with van der Waals surface area (Å²) in [5.74, 6) is -1.18. The Kier molecular flexibility index (Phi) is 5.30. The van der Waals surface area contributed by atoms with Crippen molar-refractivity contribution in [3.63, 3.8) is 0 Å². The minimum atomic E-state index is -0.717. The summed E-state index contributed by atoms with van der Waals surface area (Å²) in [6.45, 7) is 3.81. The van der Waals surface area contributed by atoms with Gasteiger partial charge < -0.3 is 14.5 Å². The smallest absolute Gasteiger partial charge is 0.326 e. The highest BCUT2D eigenvalue weighted by Gasteiger charge is 2.28. The van der Waals surface area contributed by atoms with E-state index in [1.165, 1.54) is 11.8 Å². The molecule has 1 aliphatic heterocycles. The number of nitrogens with one attached hydrogen (secondary N) is 1. The molecule has 0 aliphatic carbocycles. The number of Topliss-reactive ketones (excluding diaryl/α,β-unsaturated/α-hetero) is 2. The third-order valence-corrected chi connectivity index (χ3v) is 4.53. The molecular weight excluding hydrogens is 364 g/mol. The van der Waals surface area contributed by atoms with E-state index in [4.69, 9.17) is 9.47 Å². The summed E-state index contributed by atoms with van der Waals surface area (Å²) in [6.07, 6.45) is 0. The number of amides is 1. The summed E-state index contributed by atoms with van der Waals surface area (Å²) < 4.78 is 10.4. The van der Waals surface area contributed by atoms with Gasteiger partial charge in [0.25, 0.3) is 5.91 Å². The highest BCUT2D eigenvalue weighted by Crippen LogP contribution is 2.31. The highest BCUT2D eigenvalue weighted by atomic mass is 16.5. The quantitative estimate of drug-likeness (QED) is 0.603. The average molecular weight is 384 g/mol. The van der Waals surface area contributed by atoms with E-state index in [9.17, 15) is 19.2 Å². The van der Waals surface area contributed by atoms with Gasteiger partial charge in [-0.3, -0.25) is 24.1 Å². The van der Waals surface area contributed by atoms with Crippen LogP contribution in [-0.4, -0.2) is 48.2 Å². The van der Waals surface area contributed by atoms with Gasteiger partial charge in [0.1, 0.15) is 12.3 Å². The molecule has 0 unspecified atom stereocenters. The van der Waals surface area contributed by atoms with Crippen molar-refractivity contribution < 1.29 is 28.7 Å². The van der Waals surface area contributed by atoms with Gasteiger partial charge in [0.2, 0.25) is 5.78 Å². The Labute approximate surface area is 161 Å². The van der Waals surface area contributed by atoms with Gasteiger partial charge >= 0.3 is 5.97 Å². The number of benzene rings is 1. The van der Waals surface area contributed by atoms with Crippen molar-refractivity contribution in [2.45, 2.75) is 20.8 Å². The summed E-state index contributed by atoms with van der Waals surface area (Å²) in [6, 6.07) is 6.86. The van der Waals surface area contributed by atoms with Crippen molar-refractivity contribution in [1.82, 2.24) is 4.98 Å². The first-order valence-electron chi connectivity index (χ1n) is 8.70. The van der Waals surface area contributed by atoms with Crippen LogP contribution >= 0.6 is 0 Å². The summed E-state index contributed by atoms with van der Waals surface area (Å²) in [7, 11) is 0. The van der Waals surface area contributed by atoms with E-state index in [0.717, 1.165) is 0 Å². The zero-order chi connectivity index (χ0) is 20.4. The van der Waals surface area contributed by atoms with Crippen LogP contribution in [0.2, 0.25) is 0 Å². The number of para-hydroxylation sites is 2. The standard InChI is InChI=1S/C20H20N2O6/c1-11-19(13(3)23)12(2)21-20(11)15(24)9-28-18(26)8-22-14-6-4-5-7-16(14)27-10-17(22)25/h4-7,21H,8-10H2,1-3H3. The Morgan fingerprint density at radius 1 is 1.21 bits per heavy atom. The lowest BCUT2D eigenvalue weighted by atomic mass is 10.1. The normalized spacial score (nSPS) is 13.0. The second-order valence-electron chi connectivity index (χ2n) is 6.50. The average Bonchev–Trinajstić information content (AvgIpc) is 2.96. The second-order valence-corrected chi connectivity index (χ2v) is 6.50. The van der Waals surface area contributed by atoms with Gasteiger partial charge in [-0.2, -0.15) is 0 Å². The number of ketones is 2. The van der Waals surface area contributed by atoms with E-state index >= 15 is 0 Å². The van der Waals surface area contributed by atoms with Crippen molar-refractivity contribution in [3.8, 4) is 5.75 Å². The number of fused-ring (bicyclic) bond motifs is 1. The number of aryl methyl sites for hydroxylation is 1. The van der Waals surface area contributed by atoms with Crippen molar-refractivity contribution in [2.75, 3.05) is 24.7 Å². The summed E-state index contributed by atoms with van der Waals surface area (Å²) in [4.78, 5) is 52.5. The molecular formula is C20H20N2O6. The molecule has 1 N–H and O–H groups in total. The molecule has 0 bridgehead atoms. The molecule has 1 aromatic carbocycles. The molecule has 1 amide bonds. The van der Waals surface area contributed by atoms with E-state index in [2.05, 4.69) is 4.98 Å². The molecule has 8 nitrogen and oxygen atoms in total. The number of aromatic amines is 1. The number of H-pyrrole nitrogens is 1. The molecule has 0 spiro atoms. The SMILES string of the molecule is CC(=O)c1c(C)[nH]c(C(=O)COC(=O)CN2C(=O)COc3ccccc32)c1C. The molecule has 3 rings (SSSR count). The maximum Gasteiger partial charge on any atom is 0.326 e. The predicted octanol–water partition coefficient (Wildman–Crippen LogP) is 1.99. The maximum atomic E-state index is 12.4. The molecule has 2 heterocycles. The van der Waals surface area contributed by atoms with Gasteiger partial charge in [-0.1, -0.05) is 12.1 Å². The Balaban J connectivity index is 1.65. The van der Waals surface area contributed by atoms with Gasteiger partial charge in [0, 0.05) is 11.3 Å². The first-order chi connectivity index (χ1) is 13.3. The lowest BCUT2D eigenvalue weighted by molar-refractivity contribution is -0.142. The molecule has 1 aromatic heterocycles. The molecule has 28 heavy (non-hydrogen) atoms. The highest BCUT2D eigenvalue weighted by molar-refractivity contribution is 6.04. The summed E-state index contributed by atoms with van der Waals surface area (Å²) >= 11 is 0. The molecule has 1 aliphatic rings. The molecule has 0 atom stereocenters. The first kappa shape index (κ1) is 19.3. The fourth-order valence-electron chi connectivity index (χ4n) is 3.28. The van der Waals surface area contributed by atoms with Gasteiger partial charge in [-0.15, -0.1) is 0 Å². The monoisotopic (exact) mass is 384 g/mol. The number of ether oxygens (including phenoxy) is 2. The van der Waals surface area contributed by atoms with Crippen LogP contribution in [0.5, 0.6) is 5.75 Å². The number of rotatable bonds is 6. The van der Waals surface area contributed by atoms with Gasteiger partial charge in [-0.25, -0.2) is 0 Å². The van der Waals surface area contributed by atoms with Crippen LogP contribution in [0.15, 0.2) is 24.3 Å². The zero-order valence-corrected chi connectivity index (χ0v) is 15.8. The Hall–Kier alpha value is -3.42. The maximum absolute atomic E-state index is 12.4. The predicted molar refractivity (Wildman–Crippen MR) is 99.9 cm³/mol. The Morgan fingerprint density at radius 3 is 2.61 bits per heavy atom. The molecule has 0 saturated heterocycles. The van der Waals surface area contributed by atoms with Crippen molar-refractivity contribution in [2.24, 2.45) is 0 Å². The molecule has 0 fully saturated rings. The fourth-order valence-corrected chi connectivity index (χ4v) is 3.28. The number of nitrogens with zero attached hydrogens (tertiary/aromatic N) is 1. The van der Waals surface area contributed by atoms with E-state index in [1.807, 2.05) is 0 Å². The minimum absolute atomic E-state index is 0.146. The fraction of sp³-hybridized carbons (Fsp3) is 0.300. The third kappa shape index (κ3) is 3.66. The molecule has 8 heteroatoms. The molecule has 146 valence electrons. The number of hydrogen-bond donors (Lipinski definition) is 1. The number of carbonyl (C=O) groups excluding carboxylic acids is 4.